The molecular weight excluding hydrogens is 310 g/mol. The van der Waals surface area contributed by atoms with Gasteiger partial charge < -0.3 is 10.3 Å². The molecule has 96 valence electrons. The van der Waals surface area contributed by atoms with Gasteiger partial charge in [-0.2, -0.15) is 4.98 Å². The Morgan fingerprint density at radius 1 is 1.32 bits per heavy atom. The van der Waals surface area contributed by atoms with Gasteiger partial charge in [0.2, 0.25) is 5.95 Å². The molecular formula is C12H10BrN5O. The quantitative estimate of drug-likeness (QED) is 0.749. The maximum absolute atomic E-state index is 11.7. The Morgan fingerprint density at radius 2 is 2.05 bits per heavy atom. The molecule has 0 bridgehead atoms. The molecule has 0 spiro atoms. The van der Waals surface area contributed by atoms with E-state index in [1.165, 1.54) is 0 Å². The Hall–Kier alpha value is -2.15. The number of halogens is 1. The number of H-pyrrole nitrogens is 1. The molecule has 3 rings (SSSR count). The van der Waals surface area contributed by atoms with Crippen LogP contribution in [-0.4, -0.2) is 19.5 Å². The van der Waals surface area contributed by atoms with Crippen molar-refractivity contribution in [2.24, 2.45) is 0 Å². The summed E-state index contributed by atoms with van der Waals surface area (Å²) >= 11 is 3.39. The van der Waals surface area contributed by atoms with Crippen LogP contribution in [0.25, 0.3) is 11.2 Å². The molecule has 0 saturated heterocycles. The lowest BCUT2D eigenvalue weighted by Gasteiger charge is -2.04. The minimum absolute atomic E-state index is 0.0926. The lowest BCUT2D eigenvalue weighted by Crippen LogP contribution is -2.12. The van der Waals surface area contributed by atoms with Crippen LogP contribution in [0, 0.1) is 0 Å². The summed E-state index contributed by atoms with van der Waals surface area (Å²) in [6.45, 7) is 0.583. The predicted octanol–water partition coefficient (Wildman–Crippen LogP) is 1.51. The van der Waals surface area contributed by atoms with Gasteiger partial charge in [-0.1, -0.05) is 28.1 Å². The zero-order valence-corrected chi connectivity index (χ0v) is 11.4. The van der Waals surface area contributed by atoms with Crippen LogP contribution in [0.15, 0.2) is 39.9 Å². The first-order valence-corrected chi connectivity index (χ1v) is 6.38. The lowest BCUT2D eigenvalue weighted by molar-refractivity contribution is 0.813. The maximum atomic E-state index is 11.7. The first kappa shape index (κ1) is 11.9. The van der Waals surface area contributed by atoms with Crippen LogP contribution in [0.5, 0.6) is 0 Å². The molecule has 2 heterocycles. The molecule has 7 heteroatoms. The molecule has 6 nitrogen and oxygen atoms in total. The fraction of sp³-hybridized carbons (Fsp3) is 0.0833. The molecule has 0 aliphatic heterocycles. The van der Waals surface area contributed by atoms with Gasteiger partial charge in [0, 0.05) is 4.47 Å². The third-order valence-electron chi connectivity index (χ3n) is 2.76. The van der Waals surface area contributed by atoms with Gasteiger partial charge in [-0.25, -0.2) is 4.98 Å². The van der Waals surface area contributed by atoms with Gasteiger partial charge in [-0.15, -0.1) is 0 Å². The predicted molar refractivity (Wildman–Crippen MR) is 75.8 cm³/mol. The summed E-state index contributed by atoms with van der Waals surface area (Å²) in [5, 5.41) is 0. The minimum Gasteiger partial charge on any atom is -0.369 e. The van der Waals surface area contributed by atoms with Crippen LogP contribution >= 0.6 is 15.9 Å². The van der Waals surface area contributed by atoms with E-state index < -0.39 is 0 Å². The number of hydrogen-bond acceptors (Lipinski definition) is 4. The standard InChI is InChI=1S/C12H10BrN5O/c13-8-3-1-7(2-4-8)5-18-6-15-9-10(18)16-12(14)17-11(9)19/h1-4,6H,5H2,(H3,14,16,17,19). The van der Waals surface area contributed by atoms with Gasteiger partial charge in [0.1, 0.15) is 0 Å². The number of hydrogen-bond donors (Lipinski definition) is 2. The molecule has 2 aromatic heterocycles. The van der Waals surface area contributed by atoms with Crippen molar-refractivity contribution in [1.82, 2.24) is 19.5 Å². The number of rotatable bonds is 2. The van der Waals surface area contributed by atoms with Gasteiger partial charge in [0.15, 0.2) is 11.2 Å². The summed E-state index contributed by atoms with van der Waals surface area (Å²) in [7, 11) is 0. The van der Waals surface area contributed by atoms with Crippen molar-refractivity contribution < 1.29 is 0 Å². The van der Waals surface area contributed by atoms with Crippen molar-refractivity contribution in [3.63, 3.8) is 0 Å². The largest absolute Gasteiger partial charge is 0.369 e. The number of aromatic amines is 1. The highest BCUT2D eigenvalue weighted by molar-refractivity contribution is 9.10. The highest BCUT2D eigenvalue weighted by Gasteiger charge is 2.09. The zero-order chi connectivity index (χ0) is 13.4. The molecule has 0 atom stereocenters. The summed E-state index contributed by atoms with van der Waals surface area (Å²) < 4.78 is 2.81. The Balaban J connectivity index is 2.06. The van der Waals surface area contributed by atoms with E-state index in [0.29, 0.717) is 17.7 Å². The van der Waals surface area contributed by atoms with Crippen LogP contribution in [0.1, 0.15) is 5.56 Å². The minimum atomic E-state index is -0.322. The Bertz CT molecular complexity index is 790. The van der Waals surface area contributed by atoms with Crippen molar-refractivity contribution in [3.05, 3.63) is 51.0 Å². The molecule has 0 aliphatic carbocycles. The number of imidazole rings is 1. The van der Waals surface area contributed by atoms with Crippen LogP contribution in [0.4, 0.5) is 5.95 Å². The van der Waals surface area contributed by atoms with Gasteiger partial charge in [0.05, 0.1) is 12.9 Å². The van der Waals surface area contributed by atoms with E-state index in [-0.39, 0.29) is 11.5 Å². The van der Waals surface area contributed by atoms with Crippen molar-refractivity contribution >= 4 is 33.0 Å². The smallest absolute Gasteiger partial charge is 0.280 e. The monoisotopic (exact) mass is 319 g/mol. The van der Waals surface area contributed by atoms with E-state index in [1.54, 1.807) is 10.9 Å². The van der Waals surface area contributed by atoms with Crippen LogP contribution in [-0.2, 0) is 6.54 Å². The number of aromatic nitrogens is 4. The number of benzene rings is 1. The van der Waals surface area contributed by atoms with E-state index >= 15 is 0 Å². The fourth-order valence-corrected chi connectivity index (χ4v) is 2.14. The van der Waals surface area contributed by atoms with E-state index in [1.807, 2.05) is 24.3 Å². The van der Waals surface area contributed by atoms with Crippen molar-refractivity contribution in [3.8, 4) is 0 Å². The molecule has 3 N–H and O–H groups in total. The molecule has 0 aliphatic rings. The second-order valence-corrected chi connectivity index (χ2v) is 5.04. The van der Waals surface area contributed by atoms with Gasteiger partial charge in [-0.05, 0) is 17.7 Å². The maximum Gasteiger partial charge on any atom is 0.280 e. The molecule has 3 aromatic rings. The number of anilines is 1. The Kier molecular flexibility index (Phi) is 2.83. The van der Waals surface area contributed by atoms with Crippen LogP contribution in [0.2, 0.25) is 0 Å². The molecule has 0 amide bonds. The first-order chi connectivity index (χ1) is 9.13. The van der Waals surface area contributed by atoms with Crippen molar-refractivity contribution in [2.75, 3.05) is 5.73 Å². The van der Waals surface area contributed by atoms with Gasteiger partial charge in [0.25, 0.3) is 5.56 Å². The summed E-state index contributed by atoms with van der Waals surface area (Å²) in [5.74, 6) is 0.0926. The summed E-state index contributed by atoms with van der Waals surface area (Å²) in [6.07, 6.45) is 1.59. The molecule has 0 saturated carbocycles. The third-order valence-corrected chi connectivity index (χ3v) is 3.29. The van der Waals surface area contributed by atoms with Gasteiger partial charge >= 0.3 is 0 Å². The molecule has 0 radical (unpaired) electrons. The average Bonchev–Trinajstić information content (AvgIpc) is 2.76. The first-order valence-electron chi connectivity index (χ1n) is 5.58. The summed E-state index contributed by atoms with van der Waals surface area (Å²) in [5.41, 5.74) is 7.10. The highest BCUT2D eigenvalue weighted by Crippen LogP contribution is 2.13. The number of nitrogen functional groups attached to an aromatic ring is 1. The third kappa shape index (κ3) is 2.24. The second-order valence-electron chi connectivity index (χ2n) is 4.12. The average molecular weight is 320 g/mol. The molecule has 19 heavy (non-hydrogen) atoms. The summed E-state index contributed by atoms with van der Waals surface area (Å²) in [4.78, 5) is 22.3. The Labute approximate surface area is 116 Å². The van der Waals surface area contributed by atoms with E-state index in [2.05, 4.69) is 30.9 Å². The van der Waals surface area contributed by atoms with Crippen molar-refractivity contribution in [2.45, 2.75) is 6.54 Å². The van der Waals surface area contributed by atoms with E-state index in [9.17, 15) is 4.79 Å². The summed E-state index contributed by atoms with van der Waals surface area (Å²) in [6, 6.07) is 7.91. The molecule has 1 aromatic carbocycles. The number of nitrogens with two attached hydrogens (primary N) is 1. The highest BCUT2D eigenvalue weighted by atomic mass is 79.9. The van der Waals surface area contributed by atoms with E-state index in [4.69, 9.17) is 5.73 Å². The number of nitrogens with zero attached hydrogens (tertiary/aromatic N) is 3. The normalized spacial score (nSPS) is 11.0. The lowest BCUT2D eigenvalue weighted by atomic mass is 10.2. The molecule has 0 fully saturated rings. The topological polar surface area (TPSA) is 89.6 Å². The number of nitrogens with one attached hydrogen (secondary N) is 1. The fourth-order valence-electron chi connectivity index (χ4n) is 1.87. The van der Waals surface area contributed by atoms with Gasteiger partial charge in [-0.3, -0.25) is 9.78 Å². The molecule has 0 unspecified atom stereocenters. The van der Waals surface area contributed by atoms with Crippen LogP contribution < -0.4 is 11.3 Å². The SMILES string of the molecule is Nc1nc2c(ncn2Cc2ccc(Br)cc2)c(=O)[nH]1. The zero-order valence-electron chi connectivity index (χ0n) is 9.80. The second kappa shape index (κ2) is 4.51. The van der Waals surface area contributed by atoms with Crippen LogP contribution in [0.3, 0.4) is 0 Å². The van der Waals surface area contributed by atoms with Crippen molar-refractivity contribution in [1.29, 1.82) is 0 Å². The Morgan fingerprint density at radius 3 is 2.79 bits per heavy atom. The van der Waals surface area contributed by atoms with E-state index in [0.717, 1.165) is 10.0 Å². The number of fused-ring (bicyclic) bond motifs is 1.